The van der Waals surface area contributed by atoms with E-state index >= 15 is 0 Å². The molecule has 0 atom stereocenters. The summed E-state index contributed by atoms with van der Waals surface area (Å²) < 4.78 is 5.68. The highest BCUT2D eigenvalue weighted by atomic mass is 79.9. The van der Waals surface area contributed by atoms with Crippen LogP contribution < -0.4 is 0 Å². The summed E-state index contributed by atoms with van der Waals surface area (Å²) in [5, 5.41) is 8.62. The van der Waals surface area contributed by atoms with E-state index in [2.05, 4.69) is 15.9 Å². The molecule has 0 aliphatic carbocycles. The first kappa shape index (κ1) is 13.7. The molecule has 1 aromatic carbocycles. The van der Waals surface area contributed by atoms with Crippen LogP contribution >= 0.6 is 15.9 Å². The lowest BCUT2D eigenvalue weighted by Crippen LogP contribution is -2.06. The molecule has 0 unspecified atom stereocenters. The van der Waals surface area contributed by atoms with Crippen molar-refractivity contribution in [2.75, 3.05) is 6.61 Å². The molecule has 0 heterocycles. The Morgan fingerprint density at radius 3 is 2.71 bits per heavy atom. The number of esters is 1. The summed E-state index contributed by atoms with van der Waals surface area (Å²) in [6, 6.07) is 5.03. The molecule has 0 aliphatic rings. The van der Waals surface area contributed by atoms with Crippen LogP contribution in [-0.2, 0) is 16.0 Å². The predicted molar refractivity (Wildman–Crippen MR) is 66.1 cm³/mol. The predicted octanol–water partition coefficient (Wildman–Crippen LogP) is 2.64. The molecular formula is C12H13BrO4. The second-order valence-electron chi connectivity index (χ2n) is 3.42. The van der Waals surface area contributed by atoms with Crippen LogP contribution in [0.25, 0.3) is 0 Å². The van der Waals surface area contributed by atoms with Crippen molar-refractivity contribution in [2.24, 2.45) is 0 Å². The van der Waals surface area contributed by atoms with Crippen molar-refractivity contribution in [1.29, 1.82) is 0 Å². The van der Waals surface area contributed by atoms with Gasteiger partial charge in [-0.15, -0.1) is 0 Å². The molecule has 0 radical (unpaired) electrons. The topological polar surface area (TPSA) is 63.6 Å². The number of aliphatic carboxylic acids is 1. The Morgan fingerprint density at radius 2 is 2.12 bits per heavy atom. The van der Waals surface area contributed by atoms with Gasteiger partial charge in [-0.1, -0.05) is 15.9 Å². The first-order valence-electron chi connectivity index (χ1n) is 5.22. The smallest absolute Gasteiger partial charge is 0.338 e. The standard InChI is InChI=1S/C12H13BrO4/c1-2-17-12(16)9-3-5-10(13)8(7-9)4-6-11(14)15/h3,5,7H,2,4,6H2,1H3,(H,14,15). The highest BCUT2D eigenvalue weighted by Gasteiger charge is 2.10. The number of carbonyl (C=O) groups excluding carboxylic acids is 1. The maximum Gasteiger partial charge on any atom is 0.338 e. The number of benzene rings is 1. The molecule has 4 nitrogen and oxygen atoms in total. The zero-order valence-electron chi connectivity index (χ0n) is 9.40. The van der Waals surface area contributed by atoms with E-state index in [9.17, 15) is 9.59 Å². The summed E-state index contributed by atoms with van der Waals surface area (Å²) in [6.45, 7) is 2.06. The minimum atomic E-state index is -0.863. The zero-order chi connectivity index (χ0) is 12.8. The number of carboxylic acids is 1. The van der Waals surface area contributed by atoms with Crippen molar-refractivity contribution in [1.82, 2.24) is 0 Å². The van der Waals surface area contributed by atoms with Gasteiger partial charge in [0, 0.05) is 10.9 Å². The van der Waals surface area contributed by atoms with Gasteiger partial charge < -0.3 is 9.84 Å². The van der Waals surface area contributed by atoms with Gasteiger partial charge in [0.25, 0.3) is 0 Å². The van der Waals surface area contributed by atoms with E-state index in [0.717, 1.165) is 10.0 Å². The van der Waals surface area contributed by atoms with Crippen molar-refractivity contribution >= 4 is 27.9 Å². The van der Waals surface area contributed by atoms with Crippen LogP contribution in [0.15, 0.2) is 22.7 Å². The van der Waals surface area contributed by atoms with Crippen LogP contribution in [0.4, 0.5) is 0 Å². The van der Waals surface area contributed by atoms with Crippen LogP contribution in [-0.4, -0.2) is 23.7 Å². The van der Waals surface area contributed by atoms with Crippen molar-refractivity contribution < 1.29 is 19.4 Å². The van der Waals surface area contributed by atoms with Crippen LogP contribution in [0.1, 0.15) is 29.3 Å². The largest absolute Gasteiger partial charge is 0.481 e. The molecule has 1 rings (SSSR count). The summed E-state index contributed by atoms with van der Waals surface area (Å²) in [5.41, 5.74) is 1.23. The minimum absolute atomic E-state index is 0.0326. The maximum absolute atomic E-state index is 11.5. The van der Waals surface area contributed by atoms with Crippen LogP contribution in [0.2, 0.25) is 0 Å². The zero-order valence-corrected chi connectivity index (χ0v) is 11.0. The van der Waals surface area contributed by atoms with Gasteiger partial charge in [-0.05, 0) is 37.1 Å². The Hall–Kier alpha value is -1.36. The Bertz CT molecular complexity index is 429. The number of carboxylic acid groups (broad SMARTS) is 1. The number of aryl methyl sites for hydroxylation is 1. The number of rotatable bonds is 5. The van der Waals surface area contributed by atoms with Gasteiger partial charge in [0.1, 0.15) is 0 Å². The van der Waals surface area contributed by atoms with E-state index in [0.29, 0.717) is 18.6 Å². The number of hydrogen-bond acceptors (Lipinski definition) is 3. The lowest BCUT2D eigenvalue weighted by molar-refractivity contribution is -0.136. The number of carbonyl (C=O) groups is 2. The maximum atomic E-state index is 11.5. The molecule has 1 aromatic rings. The summed E-state index contributed by atoms with van der Waals surface area (Å²) in [6.07, 6.45) is 0.411. The fourth-order valence-corrected chi connectivity index (χ4v) is 1.79. The highest BCUT2D eigenvalue weighted by Crippen LogP contribution is 2.20. The van der Waals surface area contributed by atoms with Gasteiger partial charge in [0.15, 0.2) is 0 Å². The van der Waals surface area contributed by atoms with Crippen molar-refractivity contribution in [3.63, 3.8) is 0 Å². The van der Waals surface area contributed by atoms with Crippen molar-refractivity contribution in [3.8, 4) is 0 Å². The summed E-state index contributed by atoms with van der Waals surface area (Å²) in [7, 11) is 0. The fourth-order valence-electron chi connectivity index (χ4n) is 1.35. The van der Waals surface area contributed by atoms with E-state index in [1.807, 2.05) is 0 Å². The van der Waals surface area contributed by atoms with Crippen molar-refractivity contribution in [2.45, 2.75) is 19.8 Å². The lowest BCUT2D eigenvalue weighted by atomic mass is 10.1. The number of ether oxygens (including phenoxy) is 1. The molecule has 1 N–H and O–H groups in total. The Labute approximate surface area is 108 Å². The number of hydrogen-bond donors (Lipinski definition) is 1. The average molecular weight is 301 g/mol. The van der Waals surface area contributed by atoms with Gasteiger partial charge in [-0.2, -0.15) is 0 Å². The Kier molecular flexibility index (Phi) is 5.15. The van der Waals surface area contributed by atoms with E-state index in [1.165, 1.54) is 0 Å². The summed E-state index contributed by atoms with van der Waals surface area (Å²) in [5.74, 6) is -1.25. The van der Waals surface area contributed by atoms with Crippen LogP contribution in [0.3, 0.4) is 0 Å². The average Bonchev–Trinajstić information content (AvgIpc) is 2.28. The fraction of sp³-hybridized carbons (Fsp3) is 0.333. The van der Waals surface area contributed by atoms with Gasteiger partial charge in [-0.25, -0.2) is 4.79 Å². The molecule has 92 valence electrons. The van der Waals surface area contributed by atoms with Crippen molar-refractivity contribution in [3.05, 3.63) is 33.8 Å². The first-order chi connectivity index (χ1) is 8.04. The molecule has 0 amide bonds. The van der Waals surface area contributed by atoms with Gasteiger partial charge >= 0.3 is 11.9 Å². The van der Waals surface area contributed by atoms with Crippen LogP contribution in [0, 0.1) is 0 Å². The molecule has 0 aliphatic heterocycles. The lowest BCUT2D eigenvalue weighted by Gasteiger charge is -2.06. The Morgan fingerprint density at radius 1 is 1.41 bits per heavy atom. The third kappa shape index (κ3) is 4.19. The first-order valence-corrected chi connectivity index (χ1v) is 6.01. The van der Waals surface area contributed by atoms with Gasteiger partial charge in [0.2, 0.25) is 0 Å². The monoisotopic (exact) mass is 300 g/mol. The van der Waals surface area contributed by atoms with Crippen LogP contribution in [0.5, 0.6) is 0 Å². The molecule has 0 saturated heterocycles. The van der Waals surface area contributed by atoms with E-state index in [-0.39, 0.29) is 6.42 Å². The van der Waals surface area contributed by atoms with E-state index in [4.69, 9.17) is 9.84 Å². The quantitative estimate of drug-likeness (QED) is 0.849. The number of halogens is 1. The summed E-state index contributed by atoms with van der Waals surface area (Å²) in [4.78, 5) is 22.0. The Balaban J connectivity index is 2.86. The van der Waals surface area contributed by atoms with E-state index < -0.39 is 11.9 Å². The third-order valence-electron chi connectivity index (χ3n) is 2.17. The van der Waals surface area contributed by atoms with Gasteiger partial charge in [0.05, 0.1) is 12.2 Å². The molecule has 5 heteroatoms. The molecule has 0 saturated carbocycles. The molecule has 0 fully saturated rings. The molecule has 17 heavy (non-hydrogen) atoms. The normalized spacial score (nSPS) is 10.0. The third-order valence-corrected chi connectivity index (χ3v) is 2.94. The second-order valence-corrected chi connectivity index (χ2v) is 4.27. The minimum Gasteiger partial charge on any atom is -0.481 e. The second kappa shape index (κ2) is 6.39. The van der Waals surface area contributed by atoms with Gasteiger partial charge in [-0.3, -0.25) is 4.79 Å². The molecule has 0 bridgehead atoms. The highest BCUT2D eigenvalue weighted by molar-refractivity contribution is 9.10. The SMILES string of the molecule is CCOC(=O)c1ccc(Br)c(CCC(=O)O)c1. The van der Waals surface area contributed by atoms with E-state index in [1.54, 1.807) is 25.1 Å². The summed E-state index contributed by atoms with van der Waals surface area (Å²) >= 11 is 3.32. The molecule has 0 spiro atoms. The molecule has 0 aromatic heterocycles. The molecular weight excluding hydrogens is 288 g/mol.